The summed E-state index contributed by atoms with van der Waals surface area (Å²) in [4.78, 5) is 14.1. The van der Waals surface area contributed by atoms with Gasteiger partial charge in [0.15, 0.2) is 0 Å². The lowest BCUT2D eigenvalue weighted by Crippen LogP contribution is -2.41. The summed E-state index contributed by atoms with van der Waals surface area (Å²) in [7, 11) is 0. The van der Waals surface area contributed by atoms with Crippen molar-refractivity contribution in [3.05, 3.63) is 29.8 Å². The van der Waals surface area contributed by atoms with Crippen molar-refractivity contribution < 1.29 is 13.6 Å². The maximum atomic E-state index is 13.4. The average Bonchev–Trinajstić information content (AvgIpc) is 2.94. The molecule has 0 saturated carbocycles. The molecule has 0 radical (unpaired) electrons. The molecule has 1 aromatic rings. The van der Waals surface area contributed by atoms with Gasteiger partial charge in [0.2, 0.25) is 5.91 Å². The molecule has 1 aromatic carbocycles. The Balaban J connectivity index is 1.76. The predicted molar refractivity (Wildman–Crippen MR) is 78.1 cm³/mol. The first-order chi connectivity index (χ1) is 10.1. The second kappa shape index (κ2) is 7.47. The molecule has 1 saturated heterocycles. The third-order valence-corrected chi connectivity index (χ3v) is 3.57. The zero-order valence-corrected chi connectivity index (χ0v) is 12.2. The van der Waals surface area contributed by atoms with Gasteiger partial charge in [0.05, 0.1) is 6.54 Å². The highest BCUT2D eigenvalue weighted by atomic mass is 19.1. The summed E-state index contributed by atoms with van der Waals surface area (Å²) >= 11 is 0. The number of halogens is 2. The van der Waals surface area contributed by atoms with Crippen LogP contribution in [0.1, 0.15) is 19.8 Å². The van der Waals surface area contributed by atoms with Crippen LogP contribution in [-0.4, -0.2) is 43.0 Å². The summed E-state index contributed by atoms with van der Waals surface area (Å²) in [6.07, 6.45) is 2.44. The molecule has 4 nitrogen and oxygen atoms in total. The average molecular weight is 297 g/mol. The van der Waals surface area contributed by atoms with Crippen molar-refractivity contribution in [2.75, 3.05) is 31.5 Å². The highest BCUT2D eigenvalue weighted by molar-refractivity contribution is 5.92. The largest absolute Gasteiger partial charge is 0.320 e. The van der Waals surface area contributed by atoms with Crippen molar-refractivity contribution in [1.82, 2.24) is 10.2 Å². The summed E-state index contributed by atoms with van der Waals surface area (Å²) in [5.41, 5.74) is -0.392. The van der Waals surface area contributed by atoms with Crippen molar-refractivity contribution >= 4 is 11.6 Å². The Labute approximate surface area is 123 Å². The molecular formula is C15H21F2N3O. The molecule has 1 unspecified atom stereocenters. The maximum Gasteiger partial charge on any atom is 0.238 e. The Bertz CT molecular complexity index is 470. The fourth-order valence-electron chi connectivity index (χ4n) is 2.48. The van der Waals surface area contributed by atoms with Crippen LogP contribution in [0.2, 0.25) is 0 Å². The molecule has 0 spiro atoms. The molecule has 0 aromatic heterocycles. The van der Waals surface area contributed by atoms with E-state index in [1.54, 1.807) is 0 Å². The minimum atomic E-state index is -0.770. The van der Waals surface area contributed by atoms with Gasteiger partial charge in [0.1, 0.15) is 17.3 Å². The zero-order valence-electron chi connectivity index (χ0n) is 12.2. The third-order valence-electron chi connectivity index (χ3n) is 3.57. The van der Waals surface area contributed by atoms with Crippen LogP contribution in [0.4, 0.5) is 14.5 Å². The van der Waals surface area contributed by atoms with Gasteiger partial charge in [0.25, 0.3) is 0 Å². The van der Waals surface area contributed by atoms with E-state index in [-0.39, 0.29) is 12.6 Å². The van der Waals surface area contributed by atoms with E-state index in [9.17, 15) is 13.6 Å². The number of carbonyl (C=O) groups excluding carboxylic acids is 1. The Hall–Kier alpha value is -1.53. The number of hydrogen-bond donors (Lipinski definition) is 2. The Morgan fingerprint density at radius 3 is 2.52 bits per heavy atom. The number of likely N-dealkylation sites (tertiary alicyclic amines) is 1. The lowest BCUT2D eigenvalue weighted by atomic mass is 10.3. The van der Waals surface area contributed by atoms with E-state index in [1.165, 1.54) is 18.9 Å². The molecule has 1 fully saturated rings. The first-order valence-corrected chi connectivity index (χ1v) is 7.26. The molecule has 0 aliphatic carbocycles. The minimum Gasteiger partial charge on any atom is -0.320 e. The third kappa shape index (κ3) is 4.75. The predicted octanol–water partition coefficient (Wildman–Crippen LogP) is 1.98. The van der Waals surface area contributed by atoms with E-state index < -0.39 is 23.2 Å². The van der Waals surface area contributed by atoms with Crippen molar-refractivity contribution in [3.63, 3.8) is 0 Å². The number of rotatable bonds is 6. The van der Waals surface area contributed by atoms with Gasteiger partial charge in [-0.15, -0.1) is 0 Å². The fourth-order valence-corrected chi connectivity index (χ4v) is 2.48. The molecule has 0 bridgehead atoms. The number of nitrogens with zero attached hydrogens (tertiary/aromatic N) is 1. The maximum absolute atomic E-state index is 13.4. The normalized spacial score (nSPS) is 16.9. The highest BCUT2D eigenvalue weighted by Crippen LogP contribution is 2.17. The topological polar surface area (TPSA) is 44.4 Å². The first-order valence-electron chi connectivity index (χ1n) is 7.26. The van der Waals surface area contributed by atoms with Gasteiger partial charge in [-0.2, -0.15) is 0 Å². The van der Waals surface area contributed by atoms with E-state index >= 15 is 0 Å². The second-order valence-electron chi connectivity index (χ2n) is 5.43. The lowest BCUT2D eigenvalue weighted by Gasteiger charge is -2.21. The van der Waals surface area contributed by atoms with Crippen LogP contribution in [0.5, 0.6) is 0 Å². The molecular weight excluding hydrogens is 276 g/mol. The minimum absolute atomic E-state index is 0.0305. The summed E-state index contributed by atoms with van der Waals surface area (Å²) in [6.45, 7) is 5.09. The monoisotopic (exact) mass is 297 g/mol. The van der Waals surface area contributed by atoms with Crippen LogP contribution in [-0.2, 0) is 4.79 Å². The zero-order chi connectivity index (χ0) is 15.2. The van der Waals surface area contributed by atoms with Crippen molar-refractivity contribution in [1.29, 1.82) is 0 Å². The fraction of sp³-hybridized carbons (Fsp3) is 0.533. The van der Waals surface area contributed by atoms with Gasteiger partial charge in [0, 0.05) is 12.6 Å². The summed E-state index contributed by atoms with van der Waals surface area (Å²) in [6, 6.07) is 3.64. The van der Waals surface area contributed by atoms with Crippen LogP contribution in [0.15, 0.2) is 18.2 Å². The molecule has 6 heteroatoms. The van der Waals surface area contributed by atoms with E-state index in [0.29, 0.717) is 0 Å². The number of hydrogen-bond acceptors (Lipinski definition) is 3. The number of carbonyl (C=O) groups is 1. The van der Waals surface area contributed by atoms with Crippen LogP contribution in [0, 0.1) is 11.6 Å². The Morgan fingerprint density at radius 2 is 1.90 bits per heavy atom. The smallest absolute Gasteiger partial charge is 0.238 e. The lowest BCUT2D eigenvalue weighted by molar-refractivity contribution is -0.115. The van der Waals surface area contributed by atoms with Gasteiger partial charge in [-0.25, -0.2) is 8.78 Å². The number of benzene rings is 1. The standard InChI is InChI=1S/C15H21F2N3O/c1-11(10-20-7-2-3-8-20)18-9-14(21)19-15-12(16)5-4-6-13(15)17/h4-6,11,18H,2-3,7-10H2,1H3,(H,19,21). The molecule has 21 heavy (non-hydrogen) atoms. The van der Waals surface area contributed by atoms with E-state index in [1.807, 2.05) is 6.92 Å². The molecule has 1 atom stereocenters. The Morgan fingerprint density at radius 1 is 1.29 bits per heavy atom. The van der Waals surface area contributed by atoms with E-state index in [4.69, 9.17) is 0 Å². The highest BCUT2D eigenvalue weighted by Gasteiger charge is 2.16. The van der Waals surface area contributed by atoms with E-state index in [0.717, 1.165) is 31.8 Å². The molecule has 1 aliphatic heterocycles. The number of anilines is 1. The number of amides is 1. The van der Waals surface area contributed by atoms with Crippen LogP contribution in [0.25, 0.3) is 0 Å². The van der Waals surface area contributed by atoms with Crippen molar-refractivity contribution in [2.24, 2.45) is 0 Å². The Kier molecular flexibility index (Phi) is 5.64. The first kappa shape index (κ1) is 15.9. The van der Waals surface area contributed by atoms with Gasteiger partial charge < -0.3 is 15.5 Å². The number of nitrogens with one attached hydrogen (secondary N) is 2. The summed E-state index contributed by atoms with van der Waals surface area (Å²) in [5, 5.41) is 5.33. The summed E-state index contributed by atoms with van der Waals surface area (Å²) in [5.74, 6) is -1.99. The van der Waals surface area contributed by atoms with Crippen molar-refractivity contribution in [2.45, 2.75) is 25.8 Å². The van der Waals surface area contributed by atoms with Crippen LogP contribution >= 0.6 is 0 Å². The molecule has 1 aliphatic rings. The second-order valence-corrected chi connectivity index (χ2v) is 5.43. The van der Waals surface area contributed by atoms with Gasteiger partial charge in [-0.1, -0.05) is 6.07 Å². The molecule has 1 heterocycles. The van der Waals surface area contributed by atoms with Crippen molar-refractivity contribution in [3.8, 4) is 0 Å². The number of para-hydroxylation sites is 1. The quantitative estimate of drug-likeness (QED) is 0.844. The van der Waals surface area contributed by atoms with Crippen LogP contribution in [0.3, 0.4) is 0 Å². The molecule has 1 amide bonds. The van der Waals surface area contributed by atoms with Crippen LogP contribution < -0.4 is 10.6 Å². The molecule has 116 valence electrons. The molecule has 2 N–H and O–H groups in total. The SMILES string of the molecule is CC(CN1CCCC1)NCC(=O)Nc1c(F)cccc1F. The van der Waals surface area contributed by atoms with Gasteiger partial charge >= 0.3 is 0 Å². The van der Waals surface area contributed by atoms with E-state index in [2.05, 4.69) is 15.5 Å². The van der Waals surface area contributed by atoms with Gasteiger partial charge in [-0.3, -0.25) is 4.79 Å². The van der Waals surface area contributed by atoms with Gasteiger partial charge in [-0.05, 0) is 45.0 Å². The molecule has 2 rings (SSSR count). The summed E-state index contributed by atoms with van der Waals surface area (Å²) < 4.78 is 26.8.